The zero-order valence-corrected chi connectivity index (χ0v) is 15.4. The Balaban J connectivity index is 2.05. The number of carbonyl (C=O) groups excluding carboxylic acids is 1. The van der Waals surface area contributed by atoms with Crippen molar-refractivity contribution in [3.8, 4) is 0 Å². The van der Waals surface area contributed by atoms with Gasteiger partial charge in [0, 0.05) is 25.2 Å². The molecule has 1 atom stereocenters. The molecule has 5 nitrogen and oxygen atoms in total. The highest BCUT2D eigenvalue weighted by molar-refractivity contribution is 6.30. The van der Waals surface area contributed by atoms with Crippen molar-refractivity contribution < 1.29 is 4.79 Å². The second-order valence-corrected chi connectivity index (χ2v) is 6.94. The van der Waals surface area contributed by atoms with Crippen molar-refractivity contribution in [3.05, 3.63) is 34.9 Å². The summed E-state index contributed by atoms with van der Waals surface area (Å²) in [6, 6.07) is 8.24. The fraction of sp³-hybridized carbons (Fsp3) is 0.556. The van der Waals surface area contributed by atoms with E-state index >= 15 is 0 Å². The average molecular weight is 351 g/mol. The van der Waals surface area contributed by atoms with Crippen molar-refractivity contribution in [2.75, 3.05) is 20.6 Å². The van der Waals surface area contributed by atoms with Gasteiger partial charge >= 0.3 is 0 Å². The Bertz CT molecular complexity index is 582. The summed E-state index contributed by atoms with van der Waals surface area (Å²) in [5, 5.41) is 7.57. The van der Waals surface area contributed by atoms with Crippen molar-refractivity contribution >= 4 is 23.5 Å². The van der Waals surface area contributed by atoms with E-state index in [0.29, 0.717) is 17.0 Å². The van der Waals surface area contributed by atoms with Crippen LogP contribution in [0.15, 0.2) is 29.3 Å². The lowest BCUT2D eigenvalue weighted by Gasteiger charge is -2.22. The molecule has 0 aliphatic heterocycles. The highest BCUT2D eigenvalue weighted by atomic mass is 35.5. The summed E-state index contributed by atoms with van der Waals surface area (Å²) in [4.78, 5) is 17.8. The number of nitrogens with zero attached hydrogens (tertiary/aromatic N) is 2. The van der Waals surface area contributed by atoms with Crippen molar-refractivity contribution in [2.45, 2.75) is 44.7 Å². The first-order chi connectivity index (χ1) is 11.5. The normalized spacial score (nSPS) is 16.8. The molecule has 0 bridgehead atoms. The van der Waals surface area contributed by atoms with Crippen molar-refractivity contribution in [1.82, 2.24) is 15.5 Å². The van der Waals surface area contributed by atoms with E-state index < -0.39 is 0 Å². The maximum Gasteiger partial charge on any atom is 0.243 e. The van der Waals surface area contributed by atoms with E-state index in [9.17, 15) is 4.79 Å². The van der Waals surface area contributed by atoms with Crippen LogP contribution in [0.4, 0.5) is 0 Å². The number of nitrogens with one attached hydrogen (secondary N) is 2. The number of halogens is 1. The standard InChI is InChI=1S/C18H27ClN4O/c1-13(14-7-6-8-15(19)11-14)21-18(20-12-17(24)23(2)3)22-16-9-4-5-10-16/h6-8,11,13,16H,4-5,9-10,12H2,1-3H3,(H2,20,21,22). The number of hydrogen-bond acceptors (Lipinski definition) is 2. The van der Waals surface area contributed by atoms with Gasteiger partial charge in [0.1, 0.15) is 6.54 Å². The molecule has 24 heavy (non-hydrogen) atoms. The van der Waals surface area contributed by atoms with E-state index in [1.807, 2.05) is 24.3 Å². The molecular formula is C18H27ClN4O. The van der Waals surface area contributed by atoms with Crippen LogP contribution in [-0.4, -0.2) is 43.4 Å². The van der Waals surface area contributed by atoms with Crippen molar-refractivity contribution in [2.24, 2.45) is 4.99 Å². The largest absolute Gasteiger partial charge is 0.354 e. The number of carbonyl (C=O) groups is 1. The summed E-state index contributed by atoms with van der Waals surface area (Å²) in [6.45, 7) is 2.20. The van der Waals surface area contributed by atoms with Gasteiger partial charge in [0.25, 0.3) is 0 Å². The molecule has 0 spiro atoms. The van der Waals surface area contributed by atoms with Crippen molar-refractivity contribution in [3.63, 3.8) is 0 Å². The van der Waals surface area contributed by atoms with Gasteiger partial charge in [-0.25, -0.2) is 4.99 Å². The van der Waals surface area contributed by atoms with Crippen LogP contribution in [0.1, 0.15) is 44.2 Å². The summed E-state index contributed by atoms with van der Waals surface area (Å²) in [5.41, 5.74) is 1.09. The summed E-state index contributed by atoms with van der Waals surface area (Å²) >= 11 is 6.08. The molecule has 6 heteroatoms. The van der Waals surface area contributed by atoms with Crippen LogP contribution in [0.25, 0.3) is 0 Å². The third kappa shape index (κ3) is 5.71. The van der Waals surface area contributed by atoms with Gasteiger partial charge in [-0.3, -0.25) is 4.79 Å². The molecule has 1 aromatic rings. The number of rotatable bonds is 5. The molecule has 2 N–H and O–H groups in total. The zero-order valence-electron chi connectivity index (χ0n) is 14.7. The topological polar surface area (TPSA) is 56.7 Å². The first-order valence-corrected chi connectivity index (χ1v) is 8.86. The van der Waals surface area contributed by atoms with E-state index in [0.717, 1.165) is 18.4 Å². The Morgan fingerprint density at radius 3 is 2.71 bits per heavy atom. The Morgan fingerprint density at radius 2 is 2.08 bits per heavy atom. The Kier molecular flexibility index (Phi) is 6.91. The Labute approximate surface area is 149 Å². The van der Waals surface area contributed by atoms with Crippen LogP contribution in [0.3, 0.4) is 0 Å². The summed E-state index contributed by atoms with van der Waals surface area (Å²) in [6.07, 6.45) is 4.78. The first-order valence-electron chi connectivity index (χ1n) is 8.49. The van der Waals surface area contributed by atoms with Gasteiger partial charge in [-0.05, 0) is 37.5 Å². The molecule has 1 unspecified atom stereocenters. The number of guanidine groups is 1. The maximum absolute atomic E-state index is 11.8. The quantitative estimate of drug-likeness (QED) is 0.634. The van der Waals surface area contributed by atoms with Crippen LogP contribution in [0.2, 0.25) is 5.02 Å². The fourth-order valence-electron chi connectivity index (χ4n) is 2.75. The molecule has 1 amide bonds. The number of amides is 1. The maximum atomic E-state index is 11.8. The number of aliphatic imine (C=N–C) groups is 1. The van der Waals surface area contributed by atoms with Crippen LogP contribution < -0.4 is 10.6 Å². The van der Waals surface area contributed by atoms with Gasteiger partial charge in [0.05, 0.1) is 6.04 Å². The number of benzene rings is 1. The van der Waals surface area contributed by atoms with Crippen LogP contribution in [0.5, 0.6) is 0 Å². The smallest absolute Gasteiger partial charge is 0.243 e. The molecule has 0 heterocycles. The zero-order chi connectivity index (χ0) is 17.5. The lowest BCUT2D eigenvalue weighted by atomic mass is 10.1. The summed E-state index contributed by atoms with van der Waals surface area (Å²) < 4.78 is 0. The molecule has 2 rings (SSSR count). The Morgan fingerprint density at radius 1 is 1.38 bits per heavy atom. The third-order valence-electron chi connectivity index (χ3n) is 4.27. The van der Waals surface area contributed by atoms with E-state index in [1.165, 1.54) is 12.8 Å². The van der Waals surface area contributed by atoms with E-state index in [1.54, 1.807) is 19.0 Å². The second kappa shape index (κ2) is 8.92. The van der Waals surface area contributed by atoms with Gasteiger partial charge in [0.2, 0.25) is 5.91 Å². The minimum atomic E-state index is -0.0158. The summed E-state index contributed by atoms with van der Waals surface area (Å²) in [7, 11) is 3.48. The second-order valence-electron chi connectivity index (χ2n) is 6.50. The average Bonchev–Trinajstić information content (AvgIpc) is 3.05. The van der Waals surface area contributed by atoms with Gasteiger partial charge < -0.3 is 15.5 Å². The molecule has 0 aromatic heterocycles. The van der Waals surface area contributed by atoms with Crippen LogP contribution in [-0.2, 0) is 4.79 Å². The molecule has 1 aliphatic carbocycles. The van der Waals surface area contributed by atoms with Crippen molar-refractivity contribution in [1.29, 1.82) is 0 Å². The minimum absolute atomic E-state index is 0.0158. The van der Waals surface area contributed by atoms with E-state index in [-0.39, 0.29) is 18.5 Å². The number of hydrogen-bond donors (Lipinski definition) is 2. The molecule has 1 aromatic carbocycles. The van der Waals surface area contributed by atoms with Crippen LogP contribution in [0, 0.1) is 0 Å². The molecule has 0 radical (unpaired) electrons. The summed E-state index contributed by atoms with van der Waals surface area (Å²) in [5.74, 6) is 0.669. The van der Waals surface area contributed by atoms with Gasteiger partial charge in [0.15, 0.2) is 5.96 Å². The van der Waals surface area contributed by atoms with Gasteiger partial charge in [-0.1, -0.05) is 36.6 Å². The highest BCUT2D eigenvalue weighted by Gasteiger charge is 2.18. The molecule has 1 aliphatic rings. The highest BCUT2D eigenvalue weighted by Crippen LogP contribution is 2.19. The van der Waals surface area contributed by atoms with Gasteiger partial charge in [-0.15, -0.1) is 0 Å². The fourth-order valence-corrected chi connectivity index (χ4v) is 2.95. The Hall–Kier alpha value is -1.75. The monoisotopic (exact) mass is 350 g/mol. The molecule has 1 fully saturated rings. The molecule has 0 saturated heterocycles. The van der Waals surface area contributed by atoms with E-state index in [4.69, 9.17) is 11.6 Å². The molecular weight excluding hydrogens is 324 g/mol. The predicted octanol–water partition coefficient (Wildman–Crippen LogP) is 2.97. The van der Waals surface area contributed by atoms with E-state index in [2.05, 4.69) is 22.5 Å². The molecule has 132 valence electrons. The van der Waals surface area contributed by atoms with Crippen LogP contribution >= 0.6 is 11.6 Å². The minimum Gasteiger partial charge on any atom is -0.354 e. The third-order valence-corrected chi connectivity index (χ3v) is 4.50. The SMILES string of the molecule is CC(NC(=NCC(=O)N(C)C)NC1CCCC1)c1cccc(Cl)c1. The molecule has 1 saturated carbocycles. The first kappa shape index (κ1) is 18.6. The lowest BCUT2D eigenvalue weighted by Crippen LogP contribution is -2.44. The predicted molar refractivity (Wildman–Crippen MR) is 99.4 cm³/mol. The number of likely N-dealkylation sites (N-methyl/N-ethyl adjacent to an activating group) is 1. The lowest BCUT2D eigenvalue weighted by molar-refractivity contribution is -0.127. The van der Waals surface area contributed by atoms with Gasteiger partial charge in [-0.2, -0.15) is 0 Å².